The van der Waals surface area contributed by atoms with E-state index in [1.54, 1.807) is 69.6 Å². The second-order valence-corrected chi connectivity index (χ2v) is 11.2. The molecule has 0 heterocycles. The summed E-state index contributed by atoms with van der Waals surface area (Å²) >= 11 is 0. The van der Waals surface area contributed by atoms with Gasteiger partial charge < -0.3 is 19.6 Å². The van der Waals surface area contributed by atoms with Crippen LogP contribution < -0.4 is 0 Å². The minimum atomic E-state index is -1.30. The van der Waals surface area contributed by atoms with Crippen LogP contribution in [0.5, 0.6) is 0 Å². The van der Waals surface area contributed by atoms with Crippen molar-refractivity contribution in [3.8, 4) is 0 Å². The molecule has 34 heavy (non-hydrogen) atoms. The van der Waals surface area contributed by atoms with Crippen molar-refractivity contribution in [2.45, 2.75) is 93.0 Å². The van der Waals surface area contributed by atoms with Crippen LogP contribution in [0.1, 0.15) is 69.2 Å². The third kappa shape index (κ3) is 8.38. The Kier molecular flexibility index (Phi) is 12.0. The summed E-state index contributed by atoms with van der Waals surface area (Å²) < 4.78 is 5.10. The predicted molar refractivity (Wildman–Crippen MR) is 136 cm³/mol. The first-order valence-corrected chi connectivity index (χ1v) is 12.1. The number of amides is 2. The molecule has 0 aromatic heterocycles. The van der Waals surface area contributed by atoms with E-state index in [0.717, 1.165) is 0 Å². The molecule has 0 aromatic carbocycles. The third-order valence-electron chi connectivity index (χ3n) is 5.91. The molecule has 3 atom stereocenters. The molecule has 0 fully saturated rings. The van der Waals surface area contributed by atoms with Gasteiger partial charge in [-0.3, -0.25) is 14.5 Å². The Balaban J connectivity index is 6.43. The van der Waals surface area contributed by atoms with Gasteiger partial charge in [0.25, 0.3) is 0 Å². The lowest BCUT2D eigenvalue weighted by Gasteiger charge is -2.45. The lowest BCUT2D eigenvalue weighted by Crippen LogP contribution is -2.63. The van der Waals surface area contributed by atoms with Crippen molar-refractivity contribution in [3.63, 3.8) is 0 Å². The summed E-state index contributed by atoms with van der Waals surface area (Å²) in [6.45, 7) is 18.8. The van der Waals surface area contributed by atoms with Gasteiger partial charge in [0, 0.05) is 19.2 Å². The molecular weight excluding hydrogens is 434 g/mol. The minimum absolute atomic E-state index is 0.0237. The van der Waals surface area contributed by atoms with Crippen LogP contribution in [0.4, 0.5) is 0 Å². The van der Waals surface area contributed by atoms with Crippen molar-refractivity contribution in [3.05, 3.63) is 11.6 Å². The van der Waals surface area contributed by atoms with E-state index in [1.807, 2.05) is 41.5 Å². The van der Waals surface area contributed by atoms with Gasteiger partial charge in [0.15, 0.2) is 0 Å². The first-order chi connectivity index (χ1) is 15.3. The molecule has 0 aliphatic heterocycles. The standard InChI is InChI=1S/C26H49N3O5/c1-14-29(23(31)21(27(11)12)26(9,10)33)20(25(6,7)8)22(30)28(13)19(17(3)4)16-18(5)24(32)34-15-2/h16-17,19-21,33H,14-15H2,1-13H3/b18-16+/t19-,20-,21-/m1/s1. The number of esters is 1. The topological polar surface area (TPSA) is 90.4 Å². The molecule has 0 saturated carbocycles. The van der Waals surface area contributed by atoms with E-state index in [4.69, 9.17) is 4.74 Å². The lowest BCUT2D eigenvalue weighted by atomic mass is 9.83. The Bertz CT molecular complexity index is 732. The van der Waals surface area contributed by atoms with Gasteiger partial charge in [0.1, 0.15) is 12.1 Å². The average molecular weight is 484 g/mol. The second-order valence-electron chi connectivity index (χ2n) is 11.2. The van der Waals surface area contributed by atoms with Crippen molar-refractivity contribution in [1.82, 2.24) is 14.7 Å². The number of hydrogen-bond donors (Lipinski definition) is 1. The molecule has 0 aliphatic rings. The number of nitrogens with zero attached hydrogens (tertiary/aromatic N) is 3. The van der Waals surface area contributed by atoms with Gasteiger partial charge >= 0.3 is 5.97 Å². The van der Waals surface area contributed by atoms with Crippen molar-refractivity contribution < 1.29 is 24.2 Å². The third-order valence-corrected chi connectivity index (χ3v) is 5.91. The number of likely N-dealkylation sites (N-methyl/N-ethyl adjacent to an activating group) is 3. The Hall–Kier alpha value is -1.93. The molecule has 0 aliphatic carbocycles. The van der Waals surface area contributed by atoms with Crippen LogP contribution in [-0.2, 0) is 19.1 Å². The molecule has 0 rings (SSSR count). The smallest absolute Gasteiger partial charge is 0.333 e. The van der Waals surface area contributed by atoms with Gasteiger partial charge in [0.2, 0.25) is 11.8 Å². The highest BCUT2D eigenvalue weighted by Crippen LogP contribution is 2.30. The van der Waals surface area contributed by atoms with E-state index < -0.39 is 29.1 Å². The zero-order valence-electron chi connectivity index (χ0n) is 23.7. The SMILES string of the molecule is CCOC(=O)/C(C)=C/[C@H](C(C)C)N(C)C(=O)[C@@H](N(CC)C(=O)[C@@H](N(C)C)C(C)(C)O)C(C)(C)C. The fourth-order valence-corrected chi connectivity index (χ4v) is 4.41. The predicted octanol–water partition coefficient (Wildman–Crippen LogP) is 2.94. The van der Waals surface area contributed by atoms with Crippen LogP contribution in [0, 0.1) is 11.3 Å². The van der Waals surface area contributed by atoms with Gasteiger partial charge in [0.05, 0.1) is 18.2 Å². The fraction of sp³-hybridized carbons (Fsp3) is 0.808. The summed E-state index contributed by atoms with van der Waals surface area (Å²) in [6, 6.07) is -1.95. The molecule has 2 amide bonds. The average Bonchev–Trinajstić information content (AvgIpc) is 2.66. The molecule has 8 heteroatoms. The molecule has 0 saturated heterocycles. The molecule has 198 valence electrons. The van der Waals surface area contributed by atoms with Gasteiger partial charge in [-0.05, 0) is 60.0 Å². The number of aliphatic hydroxyl groups is 1. The Morgan fingerprint density at radius 1 is 0.941 bits per heavy atom. The largest absolute Gasteiger partial charge is 0.463 e. The second kappa shape index (κ2) is 12.7. The molecule has 0 spiro atoms. The number of rotatable bonds is 11. The van der Waals surface area contributed by atoms with Crippen molar-refractivity contribution in [2.24, 2.45) is 11.3 Å². The van der Waals surface area contributed by atoms with E-state index in [2.05, 4.69) is 0 Å². The summed E-state index contributed by atoms with van der Waals surface area (Å²) in [4.78, 5) is 44.7. The van der Waals surface area contributed by atoms with Crippen LogP contribution >= 0.6 is 0 Å². The molecule has 0 unspecified atom stereocenters. The van der Waals surface area contributed by atoms with Crippen LogP contribution in [0.15, 0.2) is 11.6 Å². The zero-order valence-corrected chi connectivity index (χ0v) is 23.7. The van der Waals surface area contributed by atoms with Gasteiger partial charge in [-0.2, -0.15) is 0 Å². The number of ether oxygens (including phenoxy) is 1. The molecule has 0 bridgehead atoms. The van der Waals surface area contributed by atoms with E-state index in [-0.39, 0.29) is 30.4 Å². The fourth-order valence-electron chi connectivity index (χ4n) is 4.41. The number of carbonyl (C=O) groups excluding carboxylic acids is 3. The molecular formula is C26H49N3O5. The monoisotopic (exact) mass is 483 g/mol. The maximum absolute atomic E-state index is 14.0. The first-order valence-electron chi connectivity index (χ1n) is 12.1. The summed E-state index contributed by atoms with van der Waals surface area (Å²) in [5.41, 5.74) is -1.44. The Morgan fingerprint density at radius 3 is 1.76 bits per heavy atom. The zero-order chi connectivity index (χ0) is 27.2. The highest BCUT2D eigenvalue weighted by molar-refractivity contribution is 5.91. The Labute approximate surface area is 207 Å². The molecule has 0 aromatic rings. The van der Waals surface area contributed by atoms with Crippen LogP contribution in [0.2, 0.25) is 0 Å². The summed E-state index contributed by atoms with van der Waals surface area (Å²) in [6.07, 6.45) is 1.76. The maximum atomic E-state index is 14.0. The van der Waals surface area contributed by atoms with E-state index in [0.29, 0.717) is 12.1 Å². The van der Waals surface area contributed by atoms with Gasteiger partial charge in [-0.25, -0.2) is 4.79 Å². The van der Waals surface area contributed by atoms with Crippen molar-refractivity contribution in [2.75, 3.05) is 34.3 Å². The van der Waals surface area contributed by atoms with E-state index in [1.165, 1.54) is 0 Å². The van der Waals surface area contributed by atoms with Crippen molar-refractivity contribution in [1.29, 1.82) is 0 Å². The quantitative estimate of drug-likeness (QED) is 0.359. The van der Waals surface area contributed by atoms with Gasteiger partial charge in [-0.1, -0.05) is 40.7 Å². The lowest BCUT2D eigenvalue weighted by molar-refractivity contribution is -0.158. The van der Waals surface area contributed by atoms with Crippen molar-refractivity contribution >= 4 is 17.8 Å². The van der Waals surface area contributed by atoms with Gasteiger partial charge in [-0.15, -0.1) is 0 Å². The van der Waals surface area contributed by atoms with Crippen LogP contribution in [0.3, 0.4) is 0 Å². The first kappa shape index (κ1) is 32.1. The highest BCUT2D eigenvalue weighted by Gasteiger charge is 2.46. The van der Waals surface area contributed by atoms with Crippen LogP contribution in [-0.4, -0.2) is 95.6 Å². The summed E-state index contributed by atoms with van der Waals surface area (Å²) in [7, 11) is 5.19. The normalized spacial score (nSPS) is 15.7. The van der Waals surface area contributed by atoms with E-state index >= 15 is 0 Å². The number of carbonyl (C=O) groups is 3. The molecule has 0 radical (unpaired) electrons. The van der Waals surface area contributed by atoms with Crippen LogP contribution in [0.25, 0.3) is 0 Å². The minimum Gasteiger partial charge on any atom is -0.463 e. The maximum Gasteiger partial charge on any atom is 0.333 e. The Morgan fingerprint density at radius 2 is 1.44 bits per heavy atom. The summed E-state index contributed by atoms with van der Waals surface area (Å²) in [5.74, 6) is -0.912. The number of hydrogen-bond acceptors (Lipinski definition) is 6. The molecule has 8 nitrogen and oxygen atoms in total. The van der Waals surface area contributed by atoms with E-state index in [9.17, 15) is 19.5 Å². The highest BCUT2D eigenvalue weighted by atomic mass is 16.5. The molecule has 1 N–H and O–H groups in total. The summed E-state index contributed by atoms with van der Waals surface area (Å²) in [5, 5.41) is 10.7.